The van der Waals surface area contributed by atoms with Crippen LogP contribution in [0.25, 0.3) is 0 Å². The summed E-state index contributed by atoms with van der Waals surface area (Å²) in [6.07, 6.45) is 0. The van der Waals surface area contributed by atoms with E-state index >= 15 is 0 Å². The highest BCUT2D eigenvalue weighted by Gasteiger charge is 2.21. The van der Waals surface area contributed by atoms with Gasteiger partial charge in [-0.3, -0.25) is 4.79 Å². The largest absolute Gasteiger partial charge is 0.310 e. The Morgan fingerprint density at radius 1 is 1.40 bits per heavy atom. The average molecular weight is 246 g/mol. The molecule has 0 spiro atoms. The molecule has 0 heterocycles. The highest BCUT2D eigenvalue weighted by Crippen LogP contribution is 2.21. The van der Waals surface area contributed by atoms with E-state index in [1.54, 1.807) is 4.90 Å². The molecule has 0 aliphatic heterocycles. The fourth-order valence-corrected chi connectivity index (χ4v) is 1.66. The maximum absolute atomic E-state index is 11.7. The Morgan fingerprint density at radius 2 is 2.00 bits per heavy atom. The van der Waals surface area contributed by atoms with Gasteiger partial charge in [0.25, 0.3) is 5.91 Å². The summed E-state index contributed by atoms with van der Waals surface area (Å²) < 4.78 is 0. The van der Waals surface area contributed by atoms with E-state index in [1.165, 1.54) is 0 Å². The van der Waals surface area contributed by atoms with Gasteiger partial charge in [-0.05, 0) is 25.5 Å². The molecule has 0 saturated carbocycles. The van der Waals surface area contributed by atoms with Crippen LogP contribution in [-0.2, 0) is 4.79 Å². The second kappa shape index (κ2) is 5.38. The van der Waals surface area contributed by atoms with Crippen molar-refractivity contribution in [1.82, 2.24) is 0 Å². The number of hydrogen-bond acceptors (Lipinski definition) is 1. The number of anilines is 1. The van der Waals surface area contributed by atoms with Gasteiger partial charge in [-0.1, -0.05) is 41.4 Å². The second-order valence-corrected chi connectivity index (χ2v) is 4.27. The summed E-state index contributed by atoms with van der Waals surface area (Å²) in [4.78, 5) is 12.3. The first-order chi connectivity index (χ1) is 7.07. The molecular weight excluding hydrogens is 233 g/mol. The molecule has 0 radical (unpaired) electrons. The second-order valence-electron chi connectivity index (χ2n) is 3.17. The Labute approximate surface area is 99.8 Å². The molecule has 1 rings (SSSR count). The van der Waals surface area contributed by atoms with Crippen LogP contribution in [0.1, 0.15) is 12.5 Å². The van der Waals surface area contributed by atoms with E-state index in [0.717, 1.165) is 11.3 Å². The zero-order valence-electron chi connectivity index (χ0n) is 8.71. The van der Waals surface area contributed by atoms with Gasteiger partial charge in [-0.2, -0.15) is 0 Å². The average Bonchev–Trinajstić information content (AvgIpc) is 2.21. The van der Waals surface area contributed by atoms with E-state index in [4.69, 9.17) is 23.2 Å². The number of aryl methyl sites for hydroxylation is 1. The van der Waals surface area contributed by atoms with E-state index < -0.39 is 4.84 Å². The first kappa shape index (κ1) is 12.3. The van der Waals surface area contributed by atoms with Crippen molar-refractivity contribution in [2.75, 3.05) is 11.4 Å². The summed E-state index contributed by atoms with van der Waals surface area (Å²) in [5, 5.41) is 0. The summed E-state index contributed by atoms with van der Waals surface area (Å²) in [5.74, 6) is -0.282. The lowest BCUT2D eigenvalue weighted by atomic mass is 10.2. The molecular formula is C11H13Cl2NO. The van der Waals surface area contributed by atoms with Gasteiger partial charge in [-0.25, -0.2) is 0 Å². The van der Waals surface area contributed by atoms with Crippen molar-refractivity contribution in [3.05, 3.63) is 29.8 Å². The Morgan fingerprint density at radius 3 is 2.47 bits per heavy atom. The van der Waals surface area contributed by atoms with Gasteiger partial charge in [0.1, 0.15) is 0 Å². The van der Waals surface area contributed by atoms with Crippen LogP contribution in [0.15, 0.2) is 24.3 Å². The summed E-state index contributed by atoms with van der Waals surface area (Å²) in [7, 11) is 0. The van der Waals surface area contributed by atoms with E-state index in [-0.39, 0.29) is 5.91 Å². The summed E-state index contributed by atoms with van der Waals surface area (Å²) >= 11 is 11.2. The predicted octanol–water partition coefficient (Wildman–Crippen LogP) is 3.15. The smallest absolute Gasteiger partial charge is 0.260 e. The minimum Gasteiger partial charge on any atom is -0.310 e. The first-order valence-corrected chi connectivity index (χ1v) is 5.60. The summed E-state index contributed by atoms with van der Waals surface area (Å²) in [6.45, 7) is 4.39. The van der Waals surface area contributed by atoms with Gasteiger partial charge >= 0.3 is 0 Å². The fraction of sp³-hybridized carbons (Fsp3) is 0.364. The lowest BCUT2D eigenvalue weighted by molar-refractivity contribution is -0.117. The van der Waals surface area contributed by atoms with Gasteiger partial charge in [0.2, 0.25) is 0 Å². The minimum atomic E-state index is -1.01. The Hall–Kier alpha value is -0.730. The highest BCUT2D eigenvalue weighted by molar-refractivity contribution is 6.54. The van der Waals surface area contributed by atoms with Gasteiger partial charge in [0.15, 0.2) is 4.84 Å². The van der Waals surface area contributed by atoms with Crippen LogP contribution in [0.3, 0.4) is 0 Å². The number of hydrogen-bond donors (Lipinski definition) is 0. The Bertz CT molecular complexity index is 352. The quantitative estimate of drug-likeness (QED) is 0.750. The van der Waals surface area contributed by atoms with Crippen LogP contribution in [0.4, 0.5) is 5.69 Å². The number of carbonyl (C=O) groups is 1. The predicted molar refractivity (Wildman–Crippen MR) is 64.7 cm³/mol. The third kappa shape index (κ3) is 2.86. The highest BCUT2D eigenvalue weighted by atomic mass is 35.5. The lowest BCUT2D eigenvalue weighted by Gasteiger charge is -2.23. The maximum Gasteiger partial charge on any atom is 0.260 e. The van der Waals surface area contributed by atoms with Crippen molar-refractivity contribution < 1.29 is 4.79 Å². The molecule has 4 heteroatoms. The molecule has 0 atom stereocenters. The molecule has 1 aromatic carbocycles. The van der Waals surface area contributed by atoms with Crippen LogP contribution in [0.5, 0.6) is 0 Å². The molecule has 0 unspecified atom stereocenters. The number of nitrogens with zero attached hydrogens (tertiary/aromatic N) is 1. The van der Waals surface area contributed by atoms with Crippen LogP contribution >= 0.6 is 23.2 Å². The van der Waals surface area contributed by atoms with Crippen LogP contribution in [0.2, 0.25) is 0 Å². The van der Waals surface area contributed by atoms with Gasteiger partial charge in [0, 0.05) is 12.2 Å². The number of alkyl halides is 2. The molecule has 1 amide bonds. The Balaban J connectivity index is 3.03. The molecule has 82 valence electrons. The van der Waals surface area contributed by atoms with Crippen LogP contribution < -0.4 is 4.90 Å². The van der Waals surface area contributed by atoms with Gasteiger partial charge in [-0.15, -0.1) is 0 Å². The first-order valence-electron chi connectivity index (χ1n) is 4.73. The maximum atomic E-state index is 11.7. The summed E-state index contributed by atoms with van der Waals surface area (Å²) in [6, 6.07) is 7.64. The monoisotopic (exact) mass is 245 g/mol. The van der Waals surface area contributed by atoms with E-state index in [0.29, 0.717) is 6.54 Å². The molecule has 0 bridgehead atoms. The molecule has 0 N–H and O–H groups in total. The van der Waals surface area contributed by atoms with Crippen molar-refractivity contribution in [1.29, 1.82) is 0 Å². The number of rotatable bonds is 3. The molecule has 0 aromatic heterocycles. The normalized spacial score (nSPS) is 10.5. The lowest BCUT2D eigenvalue weighted by Crippen LogP contribution is -2.35. The standard InChI is InChI=1S/C11H13Cl2NO/c1-3-14(11(15)10(12)13)9-7-5-4-6-8(9)2/h4-7,10H,3H2,1-2H3. The van der Waals surface area contributed by atoms with Crippen molar-refractivity contribution in [2.24, 2.45) is 0 Å². The van der Waals surface area contributed by atoms with Gasteiger partial charge in [0.05, 0.1) is 0 Å². The zero-order chi connectivity index (χ0) is 11.4. The number of carbonyl (C=O) groups excluding carboxylic acids is 1. The van der Waals surface area contributed by atoms with E-state index in [2.05, 4.69) is 0 Å². The third-order valence-corrected chi connectivity index (χ3v) is 2.55. The van der Waals surface area contributed by atoms with E-state index in [9.17, 15) is 4.79 Å². The fourth-order valence-electron chi connectivity index (χ4n) is 1.43. The zero-order valence-corrected chi connectivity index (χ0v) is 10.2. The third-order valence-electron chi connectivity index (χ3n) is 2.18. The van der Waals surface area contributed by atoms with Crippen molar-refractivity contribution in [3.63, 3.8) is 0 Å². The molecule has 0 aliphatic carbocycles. The Kier molecular flexibility index (Phi) is 4.43. The summed E-state index contributed by atoms with van der Waals surface area (Å²) in [5.41, 5.74) is 1.89. The molecule has 0 saturated heterocycles. The number of benzene rings is 1. The van der Waals surface area contributed by atoms with Crippen LogP contribution in [0, 0.1) is 6.92 Å². The molecule has 1 aromatic rings. The number of para-hydroxylation sites is 1. The van der Waals surface area contributed by atoms with Crippen LogP contribution in [-0.4, -0.2) is 17.3 Å². The van der Waals surface area contributed by atoms with Crippen molar-refractivity contribution >= 4 is 34.8 Å². The van der Waals surface area contributed by atoms with Crippen molar-refractivity contribution in [2.45, 2.75) is 18.7 Å². The minimum absolute atomic E-state index is 0.282. The number of halogens is 2. The topological polar surface area (TPSA) is 20.3 Å². The molecule has 0 aliphatic rings. The van der Waals surface area contributed by atoms with Gasteiger partial charge < -0.3 is 4.90 Å². The van der Waals surface area contributed by atoms with E-state index in [1.807, 2.05) is 38.1 Å². The molecule has 2 nitrogen and oxygen atoms in total. The molecule has 0 fully saturated rings. The number of amides is 1. The van der Waals surface area contributed by atoms with Crippen molar-refractivity contribution in [3.8, 4) is 0 Å². The molecule has 15 heavy (non-hydrogen) atoms. The SMILES string of the molecule is CCN(C(=O)C(Cl)Cl)c1ccccc1C.